The third-order valence-corrected chi connectivity index (χ3v) is 4.61. The summed E-state index contributed by atoms with van der Waals surface area (Å²) in [5.74, 6) is 0.815. The Labute approximate surface area is 148 Å². The Balaban J connectivity index is 1.95. The molecule has 0 N–H and O–H groups in total. The molecule has 130 valence electrons. The fourth-order valence-corrected chi connectivity index (χ4v) is 3.28. The van der Waals surface area contributed by atoms with Gasteiger partial charge in [-0.2, -0.15) is 0 Å². The topological polar surface area (TPSA) is 87.2 Å². The summed E-state index contributed by atoms with van der Waals surface area (Å²) < 4.78 is 11.4. The first kappa shape index (κ1) is 17.2. The number of carbonyl (C=O) groups excluding carboxylic acids is 1. The highest BCUT2D eigenvalue weighted by atomic mass is 32.2. The highest BCUT2D eigenvalue weighted by Gasteiger charge is 2.14. The summed E-state index contributed by atoms with van der Waals surface area (Å²) in [6, 6.07) is 8.99. The van der Waals surface area contributed by atoms with Crippen LogP contribution in [0.1, 0.15) is 17.9 Å². The maximum absolute atomic E-state index is 12.8. The monoisotopic (exact) mass is 359 g/mol. The predicted molar refractivity (Wildman–Crippen MR) is 93.4 cm³/mol. The van der Waals surface area contributed by atoms with Crippen molar-refractivity contribution in [3.63, 3.8) is 0 Å². The van der Waals surface area contributed by atoms with Crippen molar-refractivity contribution in [2.75, 3.05) is 7.11 Å². The molecule has 7 nitrogen and oxygen atoms in total. The molecule has 2 aromatic heterocycles. The van der Waals surface area contributed by atoms with Crippen molar-refractivity contribution >= 4 is 28.6 Å². The minimum Gasteiger partial charge on any atom is -0.469 e. The van der Waals surface area contributed by atoms with E-state index < -0.39 is 0 Å². The van der Waals surface area contributed by atoms with Crippen LogP contribution in [-0.4, -0.2) is 27.8 Å². The molecule has 0 fully saturated rings. The second-order valence-corrected chi connectivity index (χ2v) is 6.36. The fraction of sp³-hybridized carbons (Fsp3) is 0.294. The number of nitrogens with zero attached hydrogens (tertiary/aromatic N) is 3. The molecular formula is C17H17N3O4S. The molecule has 0 saturated carbocycles. The zero-order valence-corrected chi connectivity index (χ0v) is 14.7. The Hall–Kier alpha value is -2.61. The number of aryl methyl sites for hydroxylation is 1. The van der Waals surface area contributed by atoms with E-state index >= 15 is 0 Å². The van der Waals surface area contributed by atoms with Gasteiger partial charge >= 0.3 is 5.97 Å². The van der Waals surface area contributed by atoms with Gasteiger partial charge in [0.25, 0.3) is 5.56 Å². The normalized spacial score (nSPS) is 11.0. The Kier molecular flexibility index (Phi) is 5.18. The van der Waals surface area contributed by atoms with Gasteiger partial charge in [0.1, 0.15) is 5.76 Å². The van der Waals surface area contributed by atoms with Crippen molar-refractivity contribution in [2.24, 2.45) is 0 Å². The van der Waals surface area contributed by atoms with Gasteiger partial charge < -0.3 is 9.26 Å². The van der Waals surface area contributed by atoms with Crippen LogP contribution in [0.15, 0.2) is 44.8 Å². The van der Waals surface area contributed by atoms with Gasteiger partial charge in [-0.25, -0.2) is 4.98 Å². The Morgan fingerprint density at radius 3 is 2.88 bits per heavy atom. The van der Waals surface area contributed by atoms with E-state index in [0.29, 0.717) is 27.6 Å². The summed E-state index contributed by atoms with van der Waals surface area (Å²) in [4.78, 5) is 28.8. The van der Waals surface area contributed by atoms with E-state index in [2.05, 4.69) is 14.9 Å². The molecule has 0 unspecified atom stereocenters. The van der Waals surface area contributed by atoms with Gasteiger partial charge in [0.05, 0.1) is 35.9 Å². The van der Waals surface area contributed by atoms with E-state index in [0.717, 1.165) is 5.69 Å². The summed E-state index contributed by atoms with van der Waals surface area (Å²) in [7, 11) is 1.33. The number of para-hydroxylation sites is 1. The van der Waals surface area contributed by atoms with Gasteiger partial charge in [-0.15, -0.1) is 0 Å². The van der Waals surface area contributed by atoms with Crippen LogP contribution in [0, 0.1) is 6.92 Å². The maximum Gasteiger partial charge on any atom is 0.307 e. The second kappa shape index (κ2) is 7.52. The van der Waals surface area contributed by atoms with Crippen LogP contribution in [0.3, 0.4) is 0 Å². The molecule has 0 aliphatic carbocycles. The molecule has 25 heavy (non-hydrogen) atoms. The summed E-state index contributed by atoms with van der Waals surface area (Å²) in [6.45, 7) is 2.05. The van der Waals surface area contributed by atoms with Crippen molar-refractivity contribution in [1.82, 2.24) is 14.7 Å². The van der Waals surface area contributed by atoms with E-state index in [-0.39, 0.29) is 24.5 Å². The van der Waals surface area contributed by atoms with Crippen molar-refractivity contribution in [2.45, 2.75) is 30.8 Å². The number of methoxy groups -OCH3 is 1. The van der Waals surface area contributed by atoms with Gasteiger partial charge in [0.15, 0.2) is 5.16 Å². The minimum absolute atomic E-state index is 0.103. The van der Waals surface area contributed by atoms with Crippen molar-refractivity contribution in [3.8, 4) is 0 Å². The van der Waals surface area contributed by atoms with Crippen molar-refractivity contribution in [3.05, 3.63) is 52.1 Å². The predicted octanol–water partition coefficient (Wildman–Crippen LogP) is 2.55. The van der Waals surface area contributed by atoms with Gasteiger partial charge in [-0.3, -0.25) is 14.2 Å². The first-order chi connectivity index (χ1) is 12.1. The third-order valence-electron chi connectivity index (χ3n) is 3.61. The molecule has 0 aliphatic heterocycles. The summed E-state index contributed by atoms with van der Waals surface area (Å²) in [6.07, 6.45) is 0.103. The number of carbonyl (C=O) groups is 1. The third kappa shape index (κ3) is 3.90. The standard InChI is InChI=1S/C17H17N3O4S/c1-11-9-12(24-19-11)10-25-17-18-14-6-4-3-5-13(14)16(22)20(17)8-7-15(21)23-2/h3-6,9H,7-8,10H2,1-2H3. The highest BCUT2D eigenvalue weighted by molar-refractivity contribution is 7.98. The molecule has 8 heteroatoms. The lowest BCUT2D eigenvalue weighted by atomic mass is 10.2. The van der Waals surface area contributed by atoms with Crippen LogP contribution in [0.5, 0.6) is 0 Å². The average Bonchev–Trinajstić information content (AvgIpc) is 3.04. The van der Waals surface area contributed by atoms with Crippen molar-refractivity contribution in [1.29, 1.82) is 0 Å². The quantitative estimate of drug-likeness (QED) is 0.380. The Morgan fingerprint density at radius 2 is 2.16 bits per heavy atom. The SMILES string of the molecule is COC(=O)CCn1c(SCc2cc(C)no2)nc2ccccc2c1=O. The molecule has 0 aliphatic rings. The molecule has 2 heterocycles. The van der Waals surface area contributed by atoms with Crippen LogP contribution in [0.2, 0.25) is 0 Å². The molecule has 0 atom stereocenters. The van der Waals surface area contributed by atoms with Crippen molar-refractivity contribution < 1.29 is 14.1 Å². The average molecular weight is 359 g/mol. The van der Waals surface area contributed by atoms with Gasteiger partial charge in [-0.1, -0.05) is 29.1 Å². The van der Waals surface area contributed by atoms with Crippen LogP contribution in [0.4, 0.5) is 0 Å². The lowest BCUT2D eigenvalue weighted by Gasteiger charge is -2.12. The molecule has 0 bridgehead atoms. The molecule has 0 amide bonds. The number of ether oxygens (including phenoxy) is 1. The number of aromatic nitrogens is 3. The van der Waals surface area contributed by atoms with Gasteiger partial charge in [-0.05, 0) is 19.1 Å². The number of fused-ring (bicyclic) bond motifs is 1. The molecule has 3 aromatic rings. The summed E-state index contributed by atoms with van der Waals surface area (Å²) >= 11 is 1.37. The maximum atomic E-state index is 12.8. The lowest BCUT2D eigenvalue weighted by Crippen LogP contribution is -2.24. The molecular weight excluding hydrogens is 342 g/mol. The van der Waals surface area contributed by atoms with E-state index in [1.165, 1.54) is 23.4 Å². The van der Waals surface area contributed by atoms with E-state index in [4.69, 9.17) is 4.52 Å². The molecule has 1 aromatic carbocycles. The number of benzene rings is 1. The first-order valence-electron chi connectivity index (χ1n) is 7.70. The zero-order chi connectivity index (χ0) is 17.8. The van der Waals surface area contributed by atoms with Crippen LogP contribution < -0.4 is 5.56 Å². The number of hydrogen-bond donors (Lipinski definition) is 0. The largest absolute Gasteiger partial charge is 0.469 e. The van der Waals surface area contributed by atoms with E-state index in [1.807, 2.05) is 19.1 Å². The number of thioether (sulfide) groups is 1. The smallest absolute Gasteiger partial charge is 0.307 e. The fourth-order valence-electron chi connectivity index (χ4n) is 2.38. The van der Waals surface area contributed by atoms with E-state index in [9.17, 15) is 9.59 Å². The Bertz CT molecular complexity index is 964. The van der Waals surface area contributed by atoms with Crippen LogP contribution in [0.25, 0.3) is 10.9 Å². The number of hydrogen-bond acceptors (Lipinski definition) is 7. The van der Waals surface area contributed by atoms with Gasteiger partial charge in [0.2, 0.25) is 0 Å². The summed E-state index contributed by atoms with van der Waals surface area (Å²) in [5, 5.41) is 4.90. The van der Waals surface area contributed by atoms with Crippen LogP contribution >= 0.6 is 11.8 Å². The summed E-state index contributed by atoms with van der Waals surface area (Å²) in [5.41, 5.74) is 1.24. The van der Waals surface area contributed by atoms with E-state index in [1.54, 1.807) is 18.2 Å². The molecule has 0 spiro atoms. The highest BCUT2D eigenvalue weighted by Crippen LogP contribution is 2.22. The first-order valence-corrected chi connectivity index (χ1v) is 8.68. The Morgan fingerprint density at radius 1 is 1.36 bits per heavy atom. The number of rotatable bonds is 6. The van der Waals surface area contributed by atoms with Crippen LogP contribution in [-0.2, 0) is 21.8 Å². The minimum atomic E-state index is -0.373. The molecule has 0 saturated heterocycles. The zero-order valence-electron chi connectivity index (χ0n) is 13.9. The second-order valence-electron chi connectivity index (χ2n) is 5.42. The lowest BCUT2D eigenvalue weighted by molar-refractivity contribution is -0.140. The molecule has 0 radical (unpaired) electrons. The van der Waals surface area contributed by atoms with Gasteiger partial charge in [0, 0.05) is 12.6 Å². The molecule has 3 rings (SSSR count). The number of esters is 1.